The predicted octanol–water partition coefficient (Wildman–Crippen LogP) is 3.98. The van der Waals surface area contributed by atoms with Gasteiger partial charge in [0.2, 0.25) is 11.8 Å². The van der Waals surface area contributed by atoms with Gasteiger partial charge in [-0.05, 0) is 69.5 Å². The van der Waals surface area contributed by atoms with E-state index < -0.39 is 43.1 Å². The zero-order valence-electron chi connectivity index (χ0n) is 27.7. The Kier molecular flexibility index (Phi) is 17.6. The second-order valence-electron chi connectivity index (χ2n) is 10.9. The highest BCUT2D eigenvalue weighted by molar-refractivity contribution is 8.76. The largest absolute Gasteiger partial charge is 0.465 e. The number of hydrogen-bond acceptors (Lipinski definition) is 9. The summed E-state index contributed by atoms with van der Waals surface area (Å²) in [6.07, 6.45) is 3.06. The average molecular weight is 713 g/mol. The lowest BCUT2D eigenvalue weighted by molar-refractivity contribution is -0.145. The molecule has 0 bridgehead atoms. The molecular formula is C36H47N3O6PS2+. The van der Waals surface area contributed by atoms with Crippen LogP contribution < -0.4 is 32.3 Å². The van der Waals surface area contributed by atoms with Gasteiger partial charge in [0.1, 0.15) is 41.8 Å². The molecule has 2 amide bonds. The summed E-state index contributed by atoms with van der Waals surface area (Å²) in [4.78, 5) is 49.3. The minimum Gasteiger partial charge on any atom is -0.465 e. The number of esters is 2. The number of amides is 2. The van der Waals surface area contributed by atoms with Gasteiger partial charge in [-0.2, -0.15) is 0 Å². The molecule has 0 saturated carbocycles. The smallest absolute Gasteiger partial charge is 0.325 e. The number of rotatable bonds is 21. The van der Waals surface area contributed by atoms with Crippen molar-refractivity contribution in [2.24, 2.45) is 5.73 Å². The molecule has 0 fully saturated rings. The van der Waals surface area contributed by atoms with Crippen LogP contribution >= 0.6 is 28.9 Å². The van der Waals surface area contributed by atoms with Crippen molar-refractivity contribution >= 4 is 68.5 Å². The molecule has 258 valence electrons. The van der Waals surface area contributed by atoms with Crippen molar-refractivity contribution < 1.29 is 28.7 Å². The topological polar surface area (TPSA) is 137 Å². The summed E-state index contributed by atoms with van der Waals surface area (Å²) in [6, 6.07) is 30.6. The van der Waals surface area contributed by atoms with E-state index in [0.717, 1.165) is 24.8 Å². The fourth-order valence-corrected chi connectivity index (χ4v) is 11.9. The minimum absolute atomic E-state index is 0.0471. The van der Waals surface area contributed by atoms with E-state index in [1.165, 1.54) is 26.7 Å². The van der Waals surface area contributed by atoms with Gasteiger partial charge in [-0.1, -0.05) is 76.2 Å². The standard InChI is InChI=1S/C36H46N3O6PS2/c1-3-44-34(41)26-38-35(42)32(39-33(40)23-22-31(37)36(43)45-4-2)27-48-47-25-15-14-24-46(28-16-8-5-9-17-28,29-18-10-6-11-19-29)30-20-12-7-13-21-30/h5-13,16-21,31-32H,3-4,14-15,22-27,37H2,1-2H3,(H-,38,39,40,42)/p+1. The minimum atomic E-state index is -1.89. The summed E-state index contributed by atoms with van der Waals surface area (Å²) in [5, 5.41) is 9.37. The normalized spacial score (nSPS) is 12.4. The van der Waals surface area contributed by atoms with Crippen molar-refractivity contribution in [2.75, 3.05) is 37.4 Å². The molecule has 3 aromatic carbocycles. The third kappa shape index (κ3) is 12.3. The predicted molar refractivity (Wildman–Crippen MR) is 200 cm³/mol. The van der Waals surface area contributed by atoms with Crippen LogP contribution in [-0.4, -0.2) is 73.3 Å². The maximum absolute atomic E-state index is 12.9. The highest BCUT2D eigenvalue weighted by atomic mass is 33.1. The van der Waals surface area contributed by atoms with E-state index in [9.17, 15) is 19.2 Å². The van der Waals surface area contributed by atoms with E-state index in [1.54, 1.807) is 24.6 Å². The van der Waals surface area contributed by atoms with Gasteiger partial charge in [0, 0.05) is 17.9 Å². The Morgan fingerprint density at radius 2 is 1.31 bits per heavy atom. The summed E-state index contributed by atoms with van der Waals surface area (Å²) in [5.74, 6) is -0.871. The first kappa shape index (κ1) is 39.1. The van der Waals surface area contributed by atoms with Gasteiger partial charge in [0.25, 0.3) is 0 Å². The van der Waals surface area contributed by atoms with Crippen LogP contribution in [0.1, 0.15) is 39.5 Å². The molecule has 0 radical (unpaired) electrons. The van der Waals surface area contributed by atoms with Crippen molar-refractivity contribution in [1.82, 2.24) is 10.6 Å². The molecule has 2 atom stereocenters. The van der Waals surface area contributed by atoms with Gasteiger partial charge in [0.05, 0.1) is 19.4 Å². The summed E-state index contributed by atoms with van der Waals surface area (Å²) in [6.45, 7) is 3.48. The van der Waals surface area contributed by atoms with Crippen LogP contribution in [0.5, 0.6) is 0 Å². The number of ether oxygens (including phenoxy) is 2. The number of benzene rings is 3. The number of hydrogen-bond donors (Lipinski definition) is 3. The number of carbonyl (C=O) groups excluding carboxylic acids is 4. The molecule has 0 aliphatic carbocycles. The first-order valence-electron chi connectivity index (χ1n) is 16.3. The van der Waals surface area contributed by atoms with E-state index >= 15 is 0 Å². The highest BCUT2D eigenvalue weighted by Crippen LogP contribution is 2.56. The molecule has 0 spiro atoms. The molecule has 9 nitrogen and oxygen atoms in total. The SMILES string of the molecule is CCOC(=O)CNC(=O)C(CSSCCCC[P+](c1ccccc1)(c1ccccc1)c1ccccc1)NC(=O)CCC(N)C(=O)OCC. The van der Waals surface area contributed by atoms with Crippen LogP contribution in [-0.2, 0) is 28.7 Å². The molecule has 0 aliphatic rings. The Labute approximate surface area is 292 Å². The zero-order valence-corrected chi connectivity index (χ0v) is 30.2. The van der Waals surface area contributed by atoms with Crippen LogP contribution in [0, 0.1) is 0 Å². The Morgan fingerprint density at radius 3 is 1.83 bits per heavy atom. The third-order valence-electron chi connectivity index (χ3n) is 7.52. The van der Waals surface area contributed by atoms with E-state index in [-0.39, 0.29) is 32.6 Å². The second kappa shape index (κ2) is 21.6. The number of nitrogens with two attached hydrogens (primary N) is 1. The number of nitrogens with one attached hydrogen (secondary N) is 2. The van der Waals surface area contributed by atoms with Crippen molar-refractivity contribution in [3.05, 3.63) is 91.0 Å². The van der Waals surface area contributed by atoms with E-state index in [2.05, 4.69) is 102 Å². The maximum Gasteiger partial charge on any atom is 0.325 e. The summed E-state index contributed by atoms with van der Waals surface area (Å²) < 4.78 is 9.80. The van der Waals surface area contributed by atoms with Gasteiger partial charge < -0.3 is 25.8 Å². The van der Waals surface area contributed by atoms with E-state index in [0.29, 0.717) is 5.75 Å². The summed E-state index contributed by atoms with van der Waals surface area (Å²) in [7, 11) is 1.25. The van der Waals surface area contributed by atoms with Crippen molar-refractivity contribution in [3.8, 4) is 0 Å². The fraction of sp³-hybridized carbons (Fsp3) is 0.389. The van der Waals surface area contributed by atoms with Gasteiger partial charge in [-0.15, -0.1) is 0 Å². The van der Waals surface area contributed by atoms with Gasteiger partial charge in [-0.25, -0.2) is 0 Å². The lowest BCUT2D eigenvalue weighted by Gasteiger charge is -2.27. The van der Waals surface area contributed by atoms with E-state index in [1.807, 2.05) is 0 Å². The van der Waals surface area contributed by atoms with E-state index in [4.69, 9.17) is 15.2 Å². The third-order valence-corrected chi connectivity index (χ3v) is 14.5. The molecule has 2 unspecified atom stereocenters. The Balaban J connectivity index is 1.59. The molecule has 48 heavy (non-hydrogen) atoms. The fourth-order valence-electron chi connectivity index (χ4n) is 5.16. The van der Waals surface area contributed by atoms with Crippen LogP contribution in [0.2, 0.25) is 0 Å². The van der Waals surface area contributed by atoms with Crippen molar-refractivity contribution in [3.63, 3.8) is 0 Å². The molecular weight excluding hydrogens is 666 g/mol. The van der Waals surface area contributed by atoms with Crippen LogP contribution in [0.3, 0.4) is 0 Å². The molecule has 0 aliphatic heterocycles. The van der Waals surface area contributed by atoms with Crippen LogP contribution in [0.4, 0.5) is 0 Å². The first-order chi connectivity index (χ1) is 23.3. The molecule has 0 heterocycles. The molecule has 3 rings (SSSR count). The lowest BCUT2D eigenvalue weighted by atomic mass is 10.1. The number of unbranched alkanes of at least 4 members (excludes halogenated alkanes) is 1. The van der Waals surface area contributed by atoms with Crippen molar-refractivity contribution in [1.29, 1.82) is 0 Å². The lowest BCUT2D eigenvalue weighted by Crippen LogP contribution is -2.49. The van der Waals surface area contributed by atoms with Gasteiger partial charge in [-0.3, -0.25) is 19.2 Å². The van der Waals surface area contributed by atoms with Crippen molar-refractivity contribution in [2.45, 2.75) is 51.6 Å². The van der Waals surface area contributed by atoms with Gasteiger partial charge >= 0.3 is 11.9 Å². The maximum atomic E-state index is 12.9. The molecule has 4 N–H and O–H groups in total. The molecule has 3 aromatic rings. The summed E-state index contributed by atoms with van der Waals surface area (Å²) >= 11 is 0. The first-order valence-corrected chi connectivity index (χ1v) is 20.7. The molecule has 12 heteroatoms. The Hall–Kier alpha value is -3.37. The Morgan fingerprint density at radius 1 is 0.771 bits per heavy atom. The summed E-state index contributed by atoms with van der Waals surface area (Å²) in [5.41, 5.74) is 5.82. The Bertz CT molecular complexity index is 1320. The highest BCUT2D eigenvalue weighted by Gasteiger charge is 2.44. The molecule has 0 saturated heterocycles. The van der Waals surface area contributed by atoms with Crippen LogP contribution in [0.25, 0.3) is 0 Å². The average Bonchev–Trinajstić information content (AvgIpc) is 3.11. The number of carbonyl (C=O) groups is 4. The zero-order chi connectivity index (χ0) is 34.6. The van der Waals surface area contributed by atoms with Crippen LogP contribution in [0.15, 0.2) is 91.0 Å². The monoisotopic (exact) mass is 712 g/mol. The second-order valence-corrected chi connectivity index (χ2v) is 17.1. The molecule has 0 aromatic heterocycles. The van der Waals surface area contributed by atoms with Gasteiger partial charge in [0.15, 0.2) is 0 Å². The quantitative estimate of drug-likeness (QED) is 0.0649.